The summed E-state index contributed by atoms with van der Waals surface area (Å²) >= 11 is 0. The van der Waals surface area contributed by atoms with Gasteiger partial charge in [0, 0.05) is 43.6 Å². The number of sulfone groups is 1. The Bertz CT molecular complexity index is 1220. The molecule has 3 rings (SSSR count). The molecule has 1 N–H and O–H groups in total. The first-order valence-corrected chi connectivity index (χ1v) is 12.7. The van der Waals surface area contributed by atoms with E-state index in [-0.39, 0.29) is 21.9 Å². The van der Waals surface area contributed by atoms with Crippen LogP contribution < -0.4 is 5.32 Å². The lowest BCUT2D eigenvalue weighted by atomic mass is 10.1. The maximum atomic E-state index is 12.5. The maximum absolute atomic E-state index is 12.5. The van der Waals surface area contributed by atoms with Crippen molar-refractivity contribution in [2.75, 3.05) is 19.3 Å². The smallest absolute Gasteiger partial charge is 0.271 e. The largest absolute Gasteiger partial charge is 0.348 e. The van der Waals surface area contributed by atoms with Crippen LogP contribution in [0.1, 0.15) is 28.8 Å². The number of nitro groups is 1. The zero-order chi connectivity index (χ0) is 22.8. The van der Waals surface area contributed by atoms with Gasteiger partial charge < -0.3 is 5.32 Å². The highest BCUT2D eigenvalue weighted by molar-refractivity contribution is 7.90. The molecule has 1 aliphatic heterocycles. The second-order valence-corrected chi connectivity index (χ2v) is 11.1. The van der Waals surface area contributed by atoms with Gasteiger partial charge in [-0.2, -0.15) is 4.31 Å². The molecule has 1 fully saturated rings. The van der Waals surface area contributed by atoms with Crippen molar-refractivity contribution >= 4 is 31.5 Å². The second kappa shape index (κ2) is 8.73. The van der Waals surface area contributed by atoms with Crippen LogP contribution in [-0.4, -0.2) is 51.3 Å². The van der Waals surface area contributed by atoms with E-state index in [1.54, 1.807) is 12.1 Å². The second-order valence-electron chi connectivity index (χ2n) is 7.18. The zero-order valence-electron chi connectivity index (χ0n) is 16.6. The van der Waals surface area contributed by atoms with Gasteiger partial charge in [0.25, 0.3) is 11.6 Å². The van der Waals surface area contributed by atoms with Gasteiger partial charge in [-0.15, -0.1) is 0 Å². The van der Waals surface area contributed by atoms with Crippen molar-refractivity contribution in [2.24, 2.45) is 0 Å². The molecular formula is C19H21N3O7S2. The molecule has 0 saturated carbocycles. The number of sulfonamides is 1. The van der Waals surface area contributed by atoms with Crippen LogP contribution in [0, 0.1) is 10.1 Å². The molecule has 166 valence electrons. The Labute approximate surface area is 180 Å². The van der Waals surface area contributed by atoms with E-state index in [4.69, 9.17) is 0 Å². The van der Waals surface area contributed by atoms with Crippen molar-refractivity contribution < 1.29 is 26.6 Å². The Hall–Kier alpha value is -2.83. The van der Waals surface area contributed by atoms with E-state index in [0.29, 0.717) is 18.7 Å². The number of hydrogen-bond donors (Lipinski definition) is 1. The fraction of sp³-hybridized carbons (Fsp3) is 0.316. The standard InChI is InChI=1S/C19H21N3O7S2/c1-30(26,27)18-11-15(10-16(12-18)22(24)25)19(23)20-13-14-4-6-17(7-5-14)31(28,29)21-8-2-3-9-21/h4-7,10-12H,2-3,8-9,13H2,1H3,(H,20,23). The Morgan fingerprint density at radius 2 is 1.65 bits per heavy atom. The fourth-order valence-electron chi connectivity index (χ4n) is 3.18. The number of carbonyl (C=O) groups excluding carboxylic acids is 1. The normalized spacial score (nSPS) is 15.0. The van der Waals surface area contributed by atoms with E-state index in [1.807, 2.05) is 0 Å². The average molecular weight is 468 g/mol. The molecule has 0 bridgehead atoms. The van der Waals surface area contributed by atoms with E-state index in [2.05, 4.69) is 5.32 Å². The summed E-state index contributed by atoms with van der Waals surface area (Å²) < 4.78 is 50.1. The number of nitro benzene ring substituents is 1. The van der Waals surface area contributed by atoms with Crippen LogP contribution in [0.4, 0.5) is 5.69 Å². The van der Waals surface area contributed by atoms with Gasteiger partial charge >= 0.3 is 0 Å². The monoisotopic (exact) mass is 467 g/mol. The molecule has 1 amide bonds. The van der Waals surface area contributed by atoms with Crippen LogP contribution in [-0.2, 0) is 26.4 Å². The minimum absolute atomic E-state index is 0.0276. The molecule has 0 atom stereocenters. The van der Waals surface area contributed by atoms with Crippen LogP contribution in [0.25, 0.3) is 0 Å². The third-order valence-electron chi connectivity index (χ3n) is 4.87. The molecular weight excluding hydrogens is 446 g/mol. The van der Waals surface area contributed by atoms with E-state index in [9.17, 15) is 31.7 Å². The minimum Gasteiger partial charge on any atom is -0.348 e. The van der Waals surface area contributed by atoms with Crippen LogP contribution in [0.2, 0.25) is 0 Å². The summed E-state index contributed by atoms with van der Waals surface area (Å²) in [5, 5.41) is 13.6. The Balaban J connectivity index is 1.74. The lowest BCUT2D eigenvalue weighted by molar-refractivity contribution is -0.385. The summed E-state index contributed by atoms with van der Waals surface area (Å²) in [6, 6.07) is 9.02. The van der Waals surface area contributed by atoms with Crippen LogP contribution in [0.5, 0.6) is 0 Å². The van der Waals surface area contributed by atoms with Crippen LogP contribution in [0.15, 0.2) is 52.3 Å². The molecule has 0 aliphatic carbocycles. The minimum atomic E-state index is -3.75. The molecule has 12 heteroatoms. The van der Waals surface area contributed by atoms with Gasteiger partial charge in [-0.05, 0) is 36.6 Å². The Morgan fingerprint density at radius 1 is 1.03 bits per heavy atom. The molecule has 31 heavy (non-hydrogen) atoms. The molecule has 1 aliphatic rings. The summed E-state index contributed by atoms with van der Waals surface area (Å²) in [6.07, 6.45) is 2.57. The summed E-state index contributed by atoms with van der Waals surface area (Å²) in [5.41, 5.74) is -0.0603. The highest BCUT2D eigenvalue weighted by Gasteiger charge is 2.27. The first-order valence-electron chi connectivity index (χ1n) is 9.35. The number of hydrogen-bond acceptors (Lipinski definition) is 7. The van der Waals surface area contributed by atoms with Crippen molar-refractivity contribution in [2.45, 2.75) is 29.2 Å². The average Bonchev–Trinajstić information content (AvgIpc) is 3.27. The number of benzene rings is 2. The van der Waals surface area contributed by atoms with Gasteiger partial charge in [0.15, 0.2) is 9.84 Å². The van der Waals surface area contributed by atoms with Crippen LogP contribution in [0.3, 0.4) is 0 Å². The van der Waals surface area contributed by atoms with Gasteiger partial charge in [-0.3, -0.25) is 14.9 Å². The SMILES string of the molecule is CS(=O)(=O)c1cc(C(=O)NCc2ccc(S(=O)(=O)N3CCCC3)cc2)cc([N+](=O)[O-])c1. The number of rotatable bonds is 7. The summed E-state index contributed by atoms with van der Waals surface area (Å²) in [6.45, 7) is 1.03. The molecule has 2 aromatic rings. The van der Waals surface area contributed by atoms with E-state index in [0.717, 1.165) is 37.3 Å². The van der Waals surface area contributed by atoms with Gasteiger partial charge in [0.05, 0.1) is 14.7 Å². The predicted molar refractivity (Wildman–Crippen MR) is 112 cm³/mol. The zero-order valence-corrected chi connectivity index (χ0v) is 18.3. The van der Waals surface area contributed by atoms with Gasteiger partial charge in [-0.25, -0.2) is 16.8 Å². The van der Waals surface area contributed by atoms with Crippen molar-refractivity contribution in [1.29, 1.82) is 0 Å². The number of carbonyl (C=O) groups is 1. The summed E-state index contributed by atoms with van der Waals surface area (Å²) in [4.78, 5) is 22.6. The van der Waals surface area contributed by atoms with Gasteiger partial charge in [0.1, 0.15) is 0 Å². The third kappa shape index (κ3) is 5.27. The van der Waals surface area contributed by atoms with Crippen molar-refractivity contribution in [3.63, 3.8) is 0 Å². The van der Waals surface area contributed by atoms with Gasteiger partial charge in [-0.1, -0.05) is 12.1 Å². The van der Waals surface area contributed by atoms with Gasteiger partial charge in [0.2, 0.25) is 10.0 Å². The Kier molecular flexibility index (Phi) is 6.43. The molecule has 0 radical (unpaired) electrons. The highest BCUT2D eigenvalue weighted by atomic mass is 32.2. The molecule has 1 saturated heterocycles. The molecule has 0 aromatic heterocycles. The van der Waals surface area contributed by atoms with Crippen molar-refractivity contribution in [1.82, 2.24) is 9.62 Å². The van der Waals surface area contributed by atoms with E-state index < -0.39 is 36.4 Å². The summed E-state index contributed by atoms with van der Waals surface area (Å²) in [7, 11) is -7.29. The molecule has 0 spiro atoms. The number of nitrogens with one attached hydrogen (secondary N) is 1. The first-order chi connectivity index (χ1) is 14.5. The number of non-ortho nitro benzene ring substituents is 1. The number of amides is 1. The molecule has 2 aromatic carbocycles. The molecule has 0 unspecified atom stereocenters. The lowest BCUT2D eigenvalue weighted by Gasteiger charge is -2.15. The van der Waals surface area contributed by atoms with E-state index in [1.165, 1.54) is 16.4 Å². The predicted octanol–water partition coefficient (Wildman–Crippen LogP) is 1.71. The van der Waals surface area contributed by atoms with Crippen molar-refractivity contribution in [3.05, 3.63) is 63.7 Å². The van der Waals surface area contributed by atoms with E-state index >= 15 is 0 Å². The Morgan fingerprint density at radius 3 is 2.19 bits per heavy atom. The number of nitrogens with zero attached hydrogens (tertiary/aromatic N) is 2. The molecule has 1 heterocycles. The van der Waals surface area contributed by atoms with Crippen LogP contribution >= 0.6 is 0 Å². The van der Waals surface area contributed by atoms with Crippen molar-refractivity contribution in [3.8, 4) is 0 Å². The third-order valence-corrected chi connectivity index (χ3v) is 7.88. The maximum Gasteiger partial charge on any atom is 0.271 e. The topological polar surface area (TPSA) is 144 Å². The molecule has 10 nitrogen and oxygen atoms in total. The quantitative estimate of drug-likeness (QED) is 0.482. The summed E-state index contributed by atoms with van der Waals surface area (Å²) in [5.74, 6) is -0.692. The lowest BCUT2D eigenvalue weighted by Crippen LogP contribution is -2.28. The fourth-order valence-corrected chi connectivity index (χ4v) is 5.37. The first kappa shape index (κ1) is 22.8. The highest BCUT2D eigenvalue weighted by Crippen LogP contribution is 2.22.